The van der Waals surface area contributed by atoms with Crippen LogP contribution in [0.2, 0.25) is 0 Å². The Morgan fingerprint density at radius 3 is 2.23 bits per heavy atom. The molecule has 0 atom stereocenters. The van der Waals surface area contributed by atoms with Gasteiger partial charge in [-0.2, -0.15) is 21.6 Å². The van der Waals surface area contributed by atoms with Gasteiger partial charge in [-0.15, -0.1) is 0 Å². The van der Waals surface area contributed by atoms with Crippen LogP contribution in [0.25, 0.3) is 0 Å². The van der Waals surface area contributed by atoms with Gasteiger partial charge in [0, 0.05) is 19.6 Å². The summed E-state index contributed by atoms with van der Waals surface area (Å²) in [6, 6.07) is 0. The highest BCUT2D eigenvalue weighted by Gasteiger charge is 2.47. The lowest BCUT2D eigenvalue weighted by molar-refractivity contribution is -0.0542. The summed E-state index contributed by atoms with van der Waals surface area (Å²) in [5.41, 5.74) is -5.31. The van der Waals surface area contributed by atoms with Crippen molar-refractivity contribution in [3.8, 4) is 0 Å². The highest BCUT2D eigenvalue weighted by atomic mass is 32.2. The van der Waals surface area contributed by atoms with E-state index in [1.54, 1.807) is 4.90 Å². The van der Waals surface area contributed by atoms with Gasteiger partial charge in [-0.3, -0.25) is 9.08 Å². The summed E-state index contributed by atoms with van der Waals surface area (Å²) in [5, 5.41) is 0. The van der Waals surface area contributed by atoms with Crippen molar-refractivity contribution >= 4 is 10.1 Å². The van der Waals surface area contributed by atoms with Crippen LogP contribution in [0.1, 0.15) is 0 Å². The summed E-state index contributed by atoms with van der Waals surface area (Å²) in [5.74, 6) is 0. The van der Waals surface area contributed by atoms with Crippen LogP contribution in [0.15, 0.2) is 0 Å². The second kappa shape index (κ2) is 3.43. The highest BCUT2D eigenvalue weighted by molar-refractivity contribution is 7.87. The normalized spacial score (nSPS) is 19.0. The molecule has 1 aliphatic heterocycles. The zero-order chi connectivity index (χ0) is 10.1. The van der Waals surface area contributed by atoms with E-state index in [0.717, 1.165) is 13.1 Å². The molecule has 4 nitrogen and oxygen atoms in total. The Morgan fingerprint density at radius 1 is 1.31 bits per heavy atom. The molecule has 0 bridgehead atoms. The molecule has 0 unspecified atom stereocenters. The van der Waals surface area contributed by atoms with E-state index in [1.807, 2.05) is 0 Å². The molecule has 0 saturated carbocycles. The molecule has 1 aliphatic rings. The molecule has 0 spiro atoms. The fourth-order valence-corrected chi connectivity index (χ4v) is 1.06. The van der Waals surface area contributed by atoms with E-state index in [0.29, 0.717) is 0 Å². The molecule has 0 N–H and O–H groups in total. The smallest absolute Gasteiger partial charge is 0.298 e. The fraction of sp³-hybridized carbons (Fsp3) is 1.00. The van der Waals surface area contributed by atoms with Crippen LogP contribution < -0.4 is 0 Å². The Balaban J connectivity index is 2.33. The molecule has 0 aromatic carbocycles. The van der Waals surface area contributed by atoms with Crippen molar-refractivity contribution < 1.29 is 25.8 Å². The number of alkyl halides is 3. The van der Waals surface area contributed by atoms with E-state index in [9.17, 15) is 21.6 Å². The first-order chi connectivity index (χ1) is 5.83. The van der Waals surface area contributed by atoms with Gasteiger partial charge in [-0.05, 0) is 0 Å². The van der Waals surface area contributed by atoms with Crippen LogP contribution in [-0.4, -0.2) is 45.1 Å². The van der Waals surface area contributed by atoms with Gasteiger partial charge in [-0.1, -0.05) is 0 Å². The maximum atomic E-state index is 11.6. The predicted octanol–water partition coefficient (Wildman–Crippen LogP) is 0.168. The second-order valence-corrected chi connectivity index (χ2v) is 4.17. The average molecular weight is 219 g/mol. The first-order valence-corrected chi connectivity index (χ1v) is 4.92. The molecule has 0 aromatic heterocycles. The molecule has 0 radical (unpaired) electrons. The number of hydrogen-bond acceptors (Lipinski definition) is 4. The first-order valence-electron chi connectivity index (χ1n) is 3.51. The lowest BCUT2D eigenvalue weighted by Gasteiger charge is -2.07. The van der Waals surface area contributed by atoms with Gasteiger partial charge in [-0.25, -0.2) is 0 Å². The summed E-state index contributed by atoms with van der Waals surface area (Å²) in [4.78, 5) is 1.76. The average Bonchev–Trinajstić information content (AvgIpc) is 2.68. The van der Waals surface area contributed by atoms with E-state index >= 15 is 0 Å². The summed E-state index contributed by atoms with van der Waals surface area (Å²) in [6.07, 6.45) is 0. The quantitative estimate of drug-likeness (QED) is 0.384. The van der Waals surface area contributed by atoms with E-state index in [4.69, 9.17) is 0 Å². The van der Waals surface area contributed by atoms with Crippen molar-refractivity contribution in [1.82, 2.24) is 4.90 Å². The molecular weight excluding hydrogens is 211 g/mol. The Hall–Kier alpha value is -0.340. The molecule has 1 rings (SSSR count). The molecule has 0 aliphatic carbocycles. The van der Waals surface area contributed by atoms with E-state index in [1.165, 1.54) is 0 Å². The van der Waals surface area contributed by atoms with Crippen LogP contribution >= 0.6 is 0 Å². The summed E-state index contributed by atoms with van der Waals surface area (Å²) in [7, 11) is -5.39. The first kappa shape index (κ1) is 10.7. The van der Waals surface area contributed by atoms with Gasteiger partial charge < -0.3 is 0 Å². The Morgan fingerprint density at radius 2 is 1.85 bits per heavy atom. The Kier molecular flexibility index (Phi) is 2.83. The third-order valence-electron chi connectivity index (χ3n) is 1.47. The topological polar surface area (TPSA) is 46.4 Å². The predicted molar refractivity (Wildman–Crippen MR) is 37.4 cm³/mol. The number of hydrogen-bond donors (Lipinski definition) is 0. The van der Waals surface area contributed by atoms with Gasteiger partial charge in [0.1, 0.15) is 0 Å². The van der Waals surface area contributed by atoms with Gasteiger partial charge in [0.05, 0.1) is 6.61 Å². The van der Waals surface area contributed by atoms with Crippen molar-refractivity contribution in [3.05, 3.63) is 0 Å². The van der Waals surface area contributed by atoms with Crippen LogP contribution in [-0.2, 0) is 14.3 Å². The lowest BCUT2D eigenvalue weighted by atomic mass is 10.7. The van der Waals surface area contributed by atoms with Crippen molar-refractivity contribution in [2.24, 2.45) is 0 Å². The summed E-state index contributed by atoms with van der Waals surface area (Å²) in [6.45, 7) is 1.35. The molecule has 0 amide bonds. The van der Waals surface area contributed by atoms with E-state index in [2.05, 4.69) is 4.18 Å². The van der Waals surface area contributed by atoms with Crippen LogP contribution in [0, 0.1) is 0 Å². The van der Waals surface area contributed by atoms with Crippen molar-refractivity contribution in [3.63, 3.8) is 0 Å². The van der Waals surface area contributed by atoms with Crippen LogP contribution in [0.4, 0.5) is 13.2 Å². The highest BCUT2D eigenvalue weighted by Crippen LogP contribution is 2.24. The molecule has 78 valence electrons. The molecular formula is C5H8F3NO3S. The minimum atomic E-state index is -5.39. The Labute approximate surface area is 73.4 Å². The summed E-state index contributed by atoms with van der Waals surface area (Å²) < 4.78 is 59.3. The molecule has 1 fully saturated rings. The maximum absolute atomic E-state index is 11.6. The zero-order valence-corrected chi connectivity index (χ0v) is 7.36. The largest absolute Gasteiger partial charge is 0.523 e. The lowest BCUT2D eigenvalue weighted by Crippen LogP contribution is -2.27. The van der Waals surface area contributed by atoms with Gasteiger partial charge >= 0.3 is 15.6 Å². The second-order valence-electron chi connectivity index (χ2n) is 2.56. The van der Waals surface area contributed by atoms with Gasteiger partial charge in [0.15, 0.2) is 0 Å². The minimum Gasteiger partial charge on any atom is -0.298 e. The molecule has 13 heavy (non-hydrogen) atoms. The van der Waals surface area contributed by atoms with Crippen molar-refractivity contribution in [1.29, 1.82) is 0 Å². The van der Waals surface area contributed by atoms with Gasteiger partial charge in [0.25, 0.3) is 0 Å². The van der Waals surface area contributed by atoms with Crippen molar-refractivity contribution in [2.45, 2.75) is 5.51 Å². The molecule has 1 saturated heterocycles. The van der Waals surface area contributed by atoms with Crippen molar-refractivity contribution in [2.75, 3.05) is 26.2 Å². The number of rotatable bonds is 4. The monoisotopic (exact) mass is 219 g/mol. The molecule has 1 heterocycles. The minimum absolute atomic E-state index is 0.218. The van der Waals surface area contributed by atoms with E-state index < -0.39 is 22.2 Å². The number of nitrogens with zero attached hydrogens (tertiary/aromatic N) is 1. The zero-order valence-electron chi connectivity index (χ0n) is 6.54. The Bertz CT molecular complexity index is 269. The fourth-order valence-electron chi connectivity index (χ4n) is 0.637. The third kappa shape index (κ3) is 3.12. The maximum Gasteiger partial charge on any atom is 0.523 e. The van der Waals surface area contributed by atoms with E-state index in [-0.39, 0.29) is 6.54 Å². The summed E-state index contributed by atoms with van der Waals surface area (Å²) >= 11 is 0. The van der Waals surface area contributed by atoms with Gasteiger partial charge in [0.2, 0.25) is 0 Å². The third-order valence-corrected chi connectivity index (χ3v) is 2.51. The molecule has 0 aromatic rings. The standard InChI is InChI=1S/C5H8F3NO3S/c6-5(7,8)13(10,11)12-4-3-9-1-2-9/h1-4H2. The van der Waals surface area contributed by atoms with Crippen LogP contribution in [0.5, 0.6) is 0 Å². The van der Waals surface area contributed by atoms with Crippen LogP contribution in [0.3, 0.4) is 0 Å². The molecule has 8 heteroatoms. The SMILES string of the molecule is O=S(=O)(OCCN1CC1)C(F)(F)F. The number of halogens is 3.